The molecule has 0 unspecified atom stereocenters. The zero-order valence-corrected chi connectivity index (χ0v) is 10.0. The van der Waals surface area contributed by atoms with Gasteiger partial charge < -0.3 is 9.84 Å². The van der Waals surface area contributed by atoms with E-state index >= 15 is 0 Å². The molecule has 16 heavy (non-hydrogen) atoms. The lowest BCUT2D eigenvalue weighted by atomic mass is 10.0. The molecular weight excluding hydrogens is 208 g/mol. The largest absolute Gasteiger partial charge is 0.481 e. The van der Waals surface area contributed by atoms with E-state index in [4.69, 9.17) is 5.11 Å². The van der Waals surface area contributed by atoms with E-state index in [1.807, 2.05) is 0 Å². The first kappa shape index (κ1) is 14.9. The molecule has 1 rings (SSSR count). The Balaban J connectivity index is 0.000000315. The number of hydrogen-bond acceptors (Lipinski definition) is 3. The highest BCUT2D eigenvalue weighted by Gasteiger charge is 2.04. The van der Waals surface area contributed by atoms with Crippen molar-refractivity contribution in [1.82, 2.24) is 0 Å². The molecule has 0 atom stereocenters. The van der Waals surface area contributed by atoms with Gasteiger partial charge in [0.1, 0.15) is 0 Å². The summed E-state index contributed by atoms with van der Waals surface area (Å²) in [4.78, 5) is 20.4. The van der Waals surface area contributed by atoms with Gasteiger partial charge >= 0.3 is 11.9 Å². The highest BCUT2D eigenvalue weighted by atomic mass is 16.5. The summed E-state index contributed by atoms with van der Waals surface area (Å²) in [5.41, 5.74) is 0. The Bertz CT molecular complexity index is 186. The number of rotatable bonds is 4. The minimum atomic E-state index is -0.979. The van der Waals surface area contributed by atoms with Crippen molar-refractivity contribution in [2.45, 2.75) is 58.3 Å². The van der Waals surface area contributed by atoms with Gasteiger partial charge in [-0.05, 0) is 6.92 Å². The number of carboxylic acids is 1. The van der Waals surface area contributed by atoms with Crippen LogP contribution < -0.4 is 0 Å². The van der Waals surface area contributed by atoms with Gasteiger partial charge in [-0.3, -0.25) is 9.59 Å². The van der Waals surface area contributed by atoms with Crippen molar-refractivity contribution in [2.24, 2.45) is 0 Å². The molecule has 1 aliphatic carbocycles. The lowest BCUT2D eigenvalue weighted by molar-refractivity contribution is -0.147. The molecule has 0 radical (unpaired) electrons. The molecular formula is C12H22O4. The van der Waals surface area contributed by atoms with E-state index in [9.17, 15) is 9.59 Å². The Hall–Kier alpha value is -1.06. The predicted octanol–water partition coefficient (Wildman–Crippen LogP) is 2.75. The molecule has 4 nitrogen and oxygen atoms in total. The SMILES string of the molecule is C1CCCCC1.CCOC(=O)CCC(=O)O. The van der Waals surface area contributed by atoms with E-state index in [0.717, 1.165) is 0 Å². The summed E-state index contributed by atoms with van der Waals surface area (Å²) in [6.07, 6.45) is 8.81. The van der Waals surface area contributed by atoms with Crippen molar-refractivity contribution in [1.29, 1.82) is 0 Å². The molecule has 1 aliphatic rings. The van der Waals surface area contributed by atoms with Crippen LogP contribution in [0.15, 0.2) is 0 Å². The molecule has 0 spiro atoms. The van der Waals surface area contributed by atoms with Gasteiger partial charge in [0.15, 0.2) is 0 Å². The zero-order valence-electron chi connectivity index (χ0n) is 10.0. The third-order valence-electron chi connectivity index (χ3n) is 2.35. The van der Waals surface area contributed by atoms with Crippen LogP contribution in [0.2, 0.25) is 0 Å². The van der Waals surface area contributed by atoms with Gasteiger partial charge in [-0.15, -0.1) is 0 Å². The lowest BCUT2D eigenvalue weighted by Gasteiger charge is -2.05. The van der Waals surface area contributed by atoms with Gasteiger partial charge in [0.2, 0.25) is 0 Å². The third kappa shape index (κ3) is 11.0. The van der Waals surface area contributed by atoms with Crippen LogP contribution in [0.5, 0.6) is 0 Å². The summed E-state index contributed by atoms with van der Waals surface area (Å²) < 4.78 is 4.49. The zero-order chi connectivity index (χ0) is 12.2. The highest BCUT2D eigenvalue weighted by molar-refractivity contribution is 5.76. The molecule has 0 amide bonds. The van der Waals surface area contributed by atoms with Crippen molar-refractivity contribution >= 4 is 11.9 Å². The Morgan fingerprint density at radius 1 is 1.00 bits per heavy atom. The lowest BCUT2D eigenvalue weighted by Crippen LogP contribution is -2.06. The summed E-state index contributed by atoms with van der Waals surface area (Å²) in [7, 11) is 0. The quantitative estimate of drug-likeness (QED) is 0.754. The van der Waals surface area contributed by atoms with E-state index in [1.165, 1.54) is 38.5 Å². The number of carbonyl (C=O) groups excluding carboxylic acids is 1. The maximum atomic E-state index is 10.5. The minimum absolute atomic E-state index is 0.0385. The maximum absolute atomic E-state index is 10.5. The average molecular weight is 230 g/mol. The average Bonchev–Trinajstić information content (AvgIpc) is 2.30. The standard InChI is InChI=1S/C6H10O4.C6H12/c1-2-10-6(9)4-3-5(7)8;1-2-4-6-5-3-1/h2-4H2,1H3,(H,7,8);1-6H2. The fourth-order valence-electron chi connectivity index (χ4n) is 1.50. The predicted molar refractivity (Wildman–Crippen MR) is 61.2 cm³/mol. The number of carbonyl (C=O) groups is 2. The molecule has 0 heterocycles. The van der Waals surface area contributed by atoms with E-state index in [1.54, 1.807) is 6.92 Å². The monoisotopic (exact) mass is 230 g/mol. The Morgan fingerprint density at radius 2 is 1.44 bits per heavy atom. The normalized spacial score (nSPS) is 14.6. The van der Waals surface area contributed by atoms with Gasteiger partial charge in [-0.25, -0.2) is 0 Å². The number of carboxylic acid groups (broad SMARTS) is 1. The molecule has 0 aliphatic heterocycles. The third-order valence-corrected chi connectivity index (χ3v) is 2.35. The van der Waals surface area contributed by atoms with Crippen LogP contribution >= 0.6 is 0 Å². The molecule has 0 aromatic rings. The van der Waals surface area contributed by atoms with Crippen LogP contribution in [0.3, 0.4) is 0 Å². The van der Waals surface area contributed by atoms with Crippen molar-refractivity contribution in [3.05, 3.63) is 0 Å². The molecule has 1 fully saturated rings. The first-order valence-electron chi connectivity index (χ1n) is 6.04. The first-order chi connectivity index (χ1) is 7.66. The Morgan fingerprint density at radius 3 is 1.75 bits per heavy atom. The van der Waals surface area contributed by atoms with Crippen molar-refractivity contribution in [2.75, 3.05) is 6.61 Å². The van der Waals surface area contributed by atoms with Crippen LogP contribution in [0, 0.1) is 0 Å². The van der Waals surface area contributed by atoms with E-state index in [2.05, 4.69) is 4.74 Å². The number of hydrogen-bond donors (Lipinski definition) is 1. The van der Waals surface area contributed by atoms with Crippen molar-refractivity contribution in [3.63, 3.8) is 0 Å². The molecule has 1 N–H and O–H groups in total. The molecule has 0 aromatic carbocycles. The maximum Gasteiger partial charge on any atom is 0.306 e. The van der Waals surface area contributed by atoms with Crippen LogP contribution in [0.25, 0.3) is 0 Å². The van der Waals surface area contributed by atoms with Crippen LogP contribution in [0.4, 0.5) is 0 Å². The van der Waals surface area contributed by atoms with Crippen molar-refractivity contribution in [3.8, 4) is 0 Å². The molecule has 0 aromatic heterocycles. The first-order valence-corrected chi connectivity index (χ1v) is 6.04. The molecule has 4 heteroatoms. The Kier molecular flexibility index (Phi) is 9.76. The van der Waals surface area contributed by atoms with Gasteiger partial charge in [0, 0.05) is 0 Å². The van der Waals surface area contributed by atoms with E-state index in [0.29, 0.717) is 6.61 Å². The summed E-state index contributed by atoms with van der Waals surface area (Å²) in [5, 5.41) is 8.12. The number of aliphatic carboxylic acids is 1. The second-order valence-corrected chi connectivity index (χ2v) is 3.82. The summed E-state index contributed by atoms with van der Waals surface area (Å²) >= 11 is 0. The molecule has 1 saturated carbocycles. The molecule has 94 valence electrons. The fraction of sp³-hybridized carbons (Fsp3) is 0.833. The van der Waals surface area contributed by atoms with Gasteiger partial charge in [-0.1, -0.05) is 38.5 Å². The second-order valence-electron chi connectivity index (χ2n) is 3.82. The van der Waals surface area contributed by atoms with Crippen molar-refractivity contribution < 1.29 is 19.4 Å². The van der Waals surface area contributed by atoms with E-state index in [-0.39, 0.29) is 12.8 Å². The van der Waals surface area contributed by atoms with Crippen LogP contribution in [-0.4, -0.2) is 23.7 Å². The minimum Gasteiger partial charge on any atom is -0.481 e. The summed E-state index contributed by atoms with van der Waals surface area (Å²) in [6.45, 7) is 1.98. The molecule has 0 bridgehead atoms. The number of ether oxygens (including phenoxy) is 1. The highest BCUT2D eigenvalue weighted by Crippen LogP contribution is 2.15. The van der Waals surface area contributed by atoms with Gasteiger partial charge in [0.05, 0.1) is 19.4 Å². The topological polar surface area (TPSA) is 63.6 Å². The second kappa shape index (κ2) is 10.5. The summed E-state index contributed by atoms with van der Waals surface area (Å²) in [6, 6.07) is 0. The smallest absolute Gasteiger partial charge is 0.306 e. The summed E-state index contributed by atoms with van der Waals surface area (Å²) in [5.74, 6) is -1.43. The van der Waals surface area contributed by atoms with Gasteiger partial charge in [-0.2, -0.15) is 0 Å². The van der Waals surface area contributed by atoms with Crippen LogP contribution in [0.1, 0.15) is 58.3 Å². The number of esters is 1. The van der Waals surface area contributed by atoms with Gasteiger partial charge in [0.25, 0.3) is 0 Å². The fourth-order valence-corrected chi connectivity index (χ4v) is 1.50. The molecule has 0 saturated heterocycles. The van der Waals surface area contributed by atoms with E-state index < -0.39 is 11.9 Å². The van der Waals surface area contributed by atoms with Crippen LogP contribution in [-0.2, 0) is 14.3 Å². The Labute approximate surface area is 97.0 Å².